The molecule has 9 heteroatoms. The first kappa shape index (κ1) is 33.5. The third-order valence-electron chi connectivity index (χ3n) is 15.3. The standard InChI is InChI=1S/C35H60O9/c1-18(19(36)14-24(39)31(4,5)42)26-20(37)15-33(7)23-9-8-22-30(2,3)25(44-29-28(41)27(40)21(38)16-43-29)10-11-34(22)17-35(23,34)13-12-32(26,33)6/h18-29,36-42H,8-17H2,1-7H3/t18-,19?,20+,21-,22+,23+,24?,25+,26+,27+,28-,29+,32-,33+,34-,35+/m1/s1. The van der Waals surface area contributed by atoms with Gasteiger partial charge in [-0.25, -0.2) is 0 Å². The van der Waals surface area contributed by atoms with Gasteiger partial charge in [-0.05, 0) is 116 Å². The second-order valence-electron chi connectivity index (χ2n) is 17.9. The molecule has 9 nitrogen and oxygen atoms in total. The molecule has 16 atom stereocenters. The molecular weight excluding hydrogens is 564 g/mol. The highest BCUT2D eigenvalue weighted by molar-refractivity contribution is 5.31. The van der Waals surface area contributed by atoms with Crippen LogP contribution in [-0.2, 0) is 9.47 Å². The molecular formula is C35H60O9. The zero-order valence-corrected chi connectivity index (χ0v) is 27.9. The van der Waals surface area contributed by atoms with Crippen LogP contribution in [0, 0.1) is 50.7 Å². The summed E-state index contributed by atoms with van der Waals surface area (Å²) in [6.07, 6.45) is 1.08. The molecule has 6 aliphatic rings. The zero-order valence-electron chi connectivity index (χ0n) is 27.9. The van der Waals surface area contributed by atoms with Crippen molar-refractivity contribution in [3.05, 3.63) is 0 Å². The van der Waals surface area contributed by atoms with E-state index in [9.17, 15) is 35.7 Å². The van der Waals surface area contributed by atoms with E-state index in [4.69, 9.17) is 9.47 Å². The normalized spacial score (nSPS) is 53.5. The Morgan fingerprint density at radius 2 is 1.48 bits per heavy atom. The van der Waals surface area contributed by atoms with Crippen LogP contribution in [-0.4, -0.2) is 97.0 Å². The molecule has 0 aromatic rings. The maximum Gasteiger partial charge on any atom is 0.186 e. The van der Waals surface area contributed by atoms with Crippen molar-refractivity contribution < 1.29 is 45.2 Å². The summed E-state index contributed by atoms with van der Waals surface area (Å²) >= 11 is 0. The number of aliphatic hydroxyl groups is 7. The summed E-state index contributed by atoms with van der Waals surface area (Å²) in [6, 6.07) is 0. The van der Waals surface area contributed by atoms with Gasteiger partial charge >= 0.3 is 0 Å². The highest BCUT2D eigenvalue weighted by Crippen LogP contribution is 2.89. The van der Waals surface area contributed by atoms with Gasteiger partial charge in [0.2, 0.25) is 0 Å². The van der Waals surface area contributed by atoms with E-state index in [2.05, 4.69) is 27.7 Å². The monoisotopic (exact) mass is 624 g/mol. The molecule has 1 saturated heterocycles. The highest BCUT2D eigenvalue weighted by atomic mass is 16.7. The molecule has 5 saturated carbocycles. The number of rotatable bonds is 7. The largest absolute Gasteiger partial charge is 0.393 e. The van der Waals surface area contributed by atoms with Crippen LogP contribution in [0.25, 0.3) is 0 Å². The molecule has 7 N–H and O–H groups in total. The van der Waals surface area contributed by atoms with Crippen LogP contribution in [0.1, 0.15) is 106 Å². The van der Waals surface area contributed by atoms with Crippen LogP contribution in [0.4, 0.5) is 0 Å². The summed E-state index contributed by atoms with van der Waals surface area (Å²) in [5.41, 5.74) is -1.20. The van der Waals surface area contributed by atoms with Crippen LogP contribution < -0.4 is 0 Å². The molecule has 254 valence electrons. The fourth-order valence-corrected chi connectivity index (χ4v) is 12.6. The topological polar surface area (TPSA) is 160 Å². The second kappa shape index (κ2) is 10.6. The Hall–Kier alpha value is -0.360. The maximum atomic E-state index is 11.7. The van der Waals surface area contributed by atoms with Gasteiger partial charge < -0.3 is 45.2 Å². The van der Waals surface area contributed by atoms with Crippen molar-refractivity contribution in [3.8, 4) is 0 Å². The Bertz CT molecular complexity index is 1090. The molecule has 0 aromatic heterocycles. The SMILES string of the molecule is C[C@H](C(O)CC(O)C(C)(C)O)[C@H]1[C@@H](O)C[C@@]2(C)[C@@H]3CC[C@H]4C(C)(C)[C@@H](O[C@@H]5OC[C@@H](O)[C@H](O)[C@H]5O)CC[C@@]45C[C@@]35CC[C@]12C. The lowest BCUT2D eigenvalue weighted by molar-refractivity contribution is -0.302. The molecule has 6 fully saturated rings. The van der Waals surface area contributed by atoms with Gasteiger partial charge in [0.05, 0.1) is 36.6 Å². The van der Waals surface area contributed by atoms with Crippen LogP contribution >= 0.6 is 0 Å². The summed E-state index contributed by atoms with van der Waals surface area (Å²) in [5, 5.41) is 74.5. The van der Waals surface area contributed by atoms with Crippen molar-refractivity contribution in [2.75, 3.05) is 6.61 Å². The lowest BCUT2D eigenvalue weighted by atomic mass is 9.41. The highest BCUT2D eigenvalue weighted by Gasteiger charge is 2.83. The van der Waals surface area contributed by atoms with E-state index in [1.54, 1.807) is 13.8 Å². The van der Waals surface area contributed by atoms with E-state index < -0.39 is 48.5 Å². The summed E-state index contributed by atoms with van der Waals surface area (Å²) in [4.78, 5) is 0. The van der Waals surface area contributed by atoms with Gasteiger partial charge in [-0.15, -0.1) is 0 Å². The third-order valence-corrected chi connectivity index (χ3v) is 15.3. The Kier molecular flexibility index (Phi) is 8.06. The number of hydrogen-bond donors (Lipinski definition) is 7. The number of fused-ring (bicyclic) bond motifs is 2. The minimum Gasteiger partial charge on any atom is -0.393 e. The number of hydrogen-bond acceptors (Lipinski definition) is 9. The lowest BCUT2D eigenvalue weighted by Gasteiger charge is -2.63. The van der Waals surface area contributed by atoms with Crippen molar-refractivity contribution in [1.29, 1.82) is 0 Å². The molecule has 0 amide bonds. The smallest absolute Gasteiger partial charge is 0.186 e. The van der Waals surface area contributed by atoms with Crippen LogP contribution in [0.3, 0.4) is 0 Å². The molecule has 1 heterocycles. The molecule has 2 spiro atoms. The Balaban J connectivity index is 1.21. The van der Waals surface area contributed by atoms with E-state index in [1.807, 2.05) is 6.92 Å². The van der Waals surface area contributed by atoms with Crippen molar-refractivity contribution >= 4 is 0 Å². The average molecular weight is 625 g/mol. The number of ether oxygens (including phenoxy) is 2. The lowest BCUT2D eigenvalue weighted by Crippen LogP contribution is -2.60. The predicted octanol–water partition coefficient (Wildman–Crippen LogP) is 2.74. The van der Waals surface area contributed by atoms with E-state index in [1.165, 1.54) is 6.42 Å². The summed E-state index contributed by atoms with van der Waals surface area (Å²) in [6.45, 7) is 14.4. The predicted molar refractivity (Wildman–Crippen MR) is 163 cm³/mol. The van der Waals surface area contributed by atoms with E-state index in [0.717, 1.165) is 44.9 Å². The summed E-state index contributed by atoms with van der Waals surface area (Å²) in [7, 11) is 0. The van der Waals surface area contributed by atoms with Crippen LogP contribution in [0.15, 0.2) is 0 Å². The molecule has 0 bridgehead atoms. The molecule has 5 aliphatic carbocycles. The van der Waals surface area contributed by atoms with Gasteiger partial charge in [0.25, 0.3) is 0 Å². The van der Waals surface area contributed by atoms with Gasteiger partial charge in [0.1, 0.15) is 18.3 Å². The molecule has 2 unspecified atom stereocenters. The minimum atomic E-state index is -1.30. The fraction of sp³-hybridized carbons (Fsp3) is 1.00. The Labute approximate surface area is 263 Å². The second-order valence-corrected chi connectivity index (χ2v) is 17.9. The van der Waals surface area contributed by atoms with Crippen LogP contribution in [0.5, 0.6) is 0 Å². The Morgan fingerprint density at radius 3 is 2.14 bits per heavy atom. The number of aliphatic hydroxyl groups excluding tert-OH is 6. The van der Waals surface area contributed by atoms with Crippen molar-refractivity contribution in [2.24, 2.45) is 50.7 Å². The molecule has 44 heavy (non-hydrogen) atoms. The quantitative estimate of drug-likeness (QED) is 0.211. The van der Waals surface area contributed by atoms with Gasteiger partial charge in [-0.2, -0.15) is 0 Å². The van der Waals surface area contributed by atoms with E-state index in [0.29, 0.717) is 11.8 Å². The van der Waals surface area contributed by atoms with Gasteiger partial charge in [0.15, 0.2) is 6.29 Å². The van der Waals surface area contributed by atoms with Crippen molar-refractivity contribution in [3.63, 3.8) is 0 Å². The fourth-order valence-electron chi connectivity index (χ4n) is 12.6. The van der Waals surface area contributed by atoms with Gasteiger partial charge in [0, 0.05) is 6.42 Å². The maximum absolute atomic E-state index is 11.7. The third kappa shape index (κ3) is 4.50. The molecule has 1 aliphatic heterocycles. The van der Waals surface area contributed by atoms with Crippen LogP contribution in [0.2, 0.25) is 0 Å². The molecule has 6 rings (SSSR count). The zero-order chi connectivity index (χ0) is 32.4. The van der Waals surface area contributed by atoms with Crippen molar-refractivity contribution in [1.82, 2.24) is 0 Å². The molecule has 0 radical (unpaired) electrons. The van der Waals surface area contributed by atoms with Gasteiger partial charge in [-0.3, -0.25) is 0 Å². The minimum absolute atomic E-state index is 0.0615. The Morgan fingerprint density at radius 1 is 0.841 bits per heavy atom. The van der Waals surface area contributed by atoms with E-state index in [-0.39, 0.29) is 58.0 Å². The molecule has 0 aromatic carbocycles. The first-order chi connectivity index (χ1) is 20.3. The average Bonchev–Trinajstić information content (AvgIpc) is 3.54. The first-order valence-corrected chi connectivity index (χ1v) is 17.3. The van der Waals surface area contributed by atoms with Gasteiger partial charge in [-0.1, -0.05) is 34.6 Å². The summed E-state index contributed by atoms with van der Waals surface area (Å²) < 4.78 is 12.1. The first-order valence-electron chi connectivity index (χ1n) is 17.3. The summed E-state index contributed by atoms with van der Waals surface area (Å²) in [5.74, 6) is 0.651. The van der Waals surface area contributed by atoms with E-state index >= 15 is 0 Å². The van der Waals surface area contributed by atoms with Crippen molar-refractivity contribution in [2.45, 2.75) is 161 Å².